The van der Waals surface area contributed by atoms with Crippen molar-refractivity contribution in [1.29, 1.82) is 0 Å². The minimum atomic E-state index is -1.20. The first-order valence-corrected chi connectivity index (χ1v) is 12.7. The van der Waals surface area contributed by atoms with Crippen LogP contribution in [0, 0.1) is 0 Å². The fraction of sp³-hybridized carbons (Fsp3) is 0.238. The highest BCUT2D eigenvalue weighted by atomic mass is 35.5. The van der Waals surface area contributed by atoms with E-state index in [1.807, 2.05) is 35.1 Å². The Balaban J connectivity index is 1.38. The predicted octanol–water partition coefficient (Wildman–Crippen LogP) is 0.777. The van der Waals surface area contributed by atoms with Gasteiger partial charge in [-0.15, -0.1) is 11.8 Å². The summed E-state index contributed by atoms with van der Waals surface area (Å²) in [6, 6.07) is 4.74. The van der Waals surface area contributed by atoms with Crippen LogP contribution in [0.1, 0.15) is 11.3 Å². The number of carboxylic acid groups (broad SMARTS) is 1. The number of thioether (sulfide) groups is 1. The van der Waals surface area contributed by atoms with E-state index in [2.05, 4.69) is 20.6 Å². The number of carboxylic acids is 1. The van der Waals surface area contributed by atoms with Crippen LogP contribution in [0.2, 0.25) is 4.34 Å². The molecule has 5 rings (SSSR count). The Morgan fingerprint density at radius 1 is 1.47 bits per heavy atom. The summed E-state index contributed by atoms with van der Waals surface area (Å²) in [5.41, 5.74) is 7.81. The number of hydrogen-bond acceptors (Lipinski definition) is 9. The van der Waals surface area contributed by atoms with Crippen LogP contribution in [0.25, 0.3) is 5.52 Å². The maximum atomic E-state index is 13.1. The fourth-order valence-electron chi connectivity index (χ4n) is 4.19. The highest BCUT2D eigenvalue weighted by Crippen LogP contribution is 2.41. The van der Waals surface area contributed by atoms with Crippen LogP contribution < -0.4 is 15.6 Å². The number of nitrogen functional groups attached to an aromatic ring is 1. The monoisotopic (exact) mass is 548 g/mol. The number of oxime groups is 1. The Bertz CT molecular complexity index is 1470. The van der Waals surface area contributed by atoms with Crippen LogP contribution in [-0.2, 0) is 25.6 Å². The number of aromatic nitrogens is 3. The lowest BCUT2D eigenvalue weighted by Gasteiger charge is -2.49. The maximum Gasteiger partial charge on any atom is 0.352 e. The summed E-state index contributed by atoms with van der Waals surface area (Å²) in [4.78, 5) is 48.2. The number of aromatic amines is 1. The molecule has 2 amide bonds. The first-order valence-electron chi connectivity index (χ1n) is 10.5. The predicted molar refractivity (Wildman–Crippen MR) is 132 cm³/mol. The summed E-state index contributed by atoms with van der Waals surface area (Å²) < 4.78 is 1.97. The molecule has 2 atom stereocenters. The molecule has 3 aromatic rings. The summed E-state index contributed by atoms with van der Waals surface area (Å²) in [7, 11) is 1.25. The molecule has 12 nitrogen and oxygen atoms in total. The third kappa shape index (κ3) is 4.06. The van der Waals surface area contributed by atoms with Crippen LogP contribution in [0.15, 0.2) is 47.0 Å². The van der Waals surface area contributed by atoms with Gasteiger partial charge in [0.2, 0.25) is 5.52 Å². The molecular formula is C21H19ClN7O5S2+. The second-order valence-corrected chi connectivity index (χ2v) is 10.6. The molecular weight excluding hydrogens is 530 g/mol. The SMILES string of the molecule is CO/N=C(\C(=O)N[C@@H]1C(=O)N2C(C(=O)O)=C(Cc3c[nH][n+]4ccccc34)CS[C@H]12)c1nc(N)sc1Cl. The van der Waals surface area contributed by atoms with Crippen molar-refractivity contribution in [3.8, 4) is 0 Å². The van der Waals surface area contributed by atoms with E-state index in [-0.39, 0.29) is 26.6 Å². The standard InChI is InChI=1S/C21H18ClN7O5S2/c1-34-27-13(12-16(22)36-21(23)26-12)17(30)25-14-18(31)29-15(20(32)33)10(8-35-19(14)29)6-9-7-24-28-5-3-2-4-11(9)28/h2-5,7,14,19H,6,8H2,1H3,(H4,23,25,26,30,32,33)/p+1/b27-13-/t14-,19-/m1/s1. The van der Waals surface area contributed by atoms with E-state index in [0.29, 0.717) is 17.7 Å². The molecule has 0 aromatic carbocycles. The van der Waals surface area contributed by atoms with Gasteiger partial charge >= 0.3 is 5.97 Å². The zero-order valence-electron chi connectivity index (χ0n) is 18.6. The smallest absolute Gasteiger partial charge is 0.352 e. The van der Waals surface area contributed by atoms with E-state index in [4.69, 9.17) is 22.2 Å². The van der Waals surface area contributed by atoms with Crippen molar-refractivity contribution >= 4 is 68.8 Å². The van der Waals surface area contributed by atoms with Gasteiger partial charge in [-0.2, -0.15) is 5.10 Å². The second-order valence-electron chi connectivity index (χ2n) is 7.85. The number of halogens is 1. The van der Waals surface area contributed by atoms with Crippen LogP contribution in [0.5, 0.6) is 0 Å². The minimum Gasteiger partial charge on any atom is -0.477 e. The first kappa shape index (κ1) is 24.1. The Kier molecular flexibility index (Phi) is 6.32. The third-order valence-electron chi connectivity index (χ3n) is 5.73. The number of fused-ring (bicyclic) bond motifs is 2. The normalized spacial score (nSPS) is 19.8. The van der Waals surface area contributed by atoms with Crippen molar-refractivity contribution in [3.05, 3.63) is 57.5 Å². The molecule has 3 aromatic heterocycles. The maximum absolute atomic E-state index is 13.1. The average molecular weight is 549 g/mol. The number of β-lactam (4-membered cyclic amide) rings is 1. The van der Waals surface area contributed by atoms with Gasteiger partial charge in [0.15, 0.2) is 17.0 Å². The lowest BCUT2D eigenvalue weighted by Crippen LogP contribution is -2.71. The molecule has 2 aliphatic rings. The minimum absolute atomic E-state index is 0.0310. The highest BCUT2D eigenvalue weighted by Gasteiger charge is 2.54. The van der Waals surface area contributed by atoms with Gasteiger partial charge in [-0.1, -0.05) is 32.6 Å². The molecule has 0 spiro atoms. The van der Waals surface area contributed by atoms with Crippen molar-refractivity contribution in [1.82, 2.24) is 20.3 Å². The second kappa shape index (κ2) is 9.44. The van der Waals surface area contributed by atoms with Crippen LogP contribution >= 0.6 is 34.7 Å². The number of nitrogens with zero attached hydrogens (tertiary/aromatic N) is 4. The number of rotatable bonds is 7. The Morgan fingerprint density at radius 3 is 2.97 bits per heavy atom. The molecule has 0 saturated carbocycles. The van der Waals surface area contributed by atoms with E-state index in [1.165, 1.54) is 23.8 Å². The zero-order chi connectivity index (χ0) is 25.6. The van der Waals surface area contributed by atoms with Crippen LogP contribution in [-0.4, -0.2) is 67.9 Å². The number of anilines is 1. The summed E-state index contributed by atoms with van der Waals surface area (Å²) in [6.45, 7) is 0. The van der Waals surface area contributed by atoms with E-state index in [1.54, 1.807) is 0 Å². The number of carbonyl (C=O) groups is 3. The topological polar surface area (TPSA) is 167 Å². The molecule has 1 saturated heterocycles. The summed E-state index contributed by atoms with van der Waals surface area (Å²) in [5.74, 6) is -2.11. The molecule has 36 heavy (non-hydrogen) atoms. The van der Waals surface area contributed by atoms with Crippen molar-refractivity contribution in [2.24, 2.45) is 5.16 Å². The Labute approximate surface area is 216 Å². The van der Waals surface area contributed by atoms with Gasteiger partial charge in [-0.05, 0) is 11.6 Å². The summed E-state index contributed by atoms with van der Waals surface area (Å²) >= 11 is 8.45. The molecule has 1 fully saturated rings. The average Bonchev–Trinajstić information content (AvgIpc) is 3.42. The molecule has 5 N–H and O–H groups in total. The van der Waals surface area contributed by atoms with Crippen molar-refractivity contribution < 1.29 is 28.8 Å². The Hall–Kier alpha value is -3.62. The number of H-pyrrole nitrogens is 1. The van der Waals surface area contributed by atoms with Crippen molar-refractivity contribution in [3.63, 3.8) is 0 Å². The van der Waals surface area contributed by atoms with Gasteiger partial charge in [-0.25, -0.2) is 9.78 Å². The van der Waals surface area contributed by atoms with E-state index in [9.17, 15) is 19.5 Å². The summed E-state index contributed by atoms with van der Waals surface area (Å²) in [5, 5.41) is 18.9. The number of thiazole rings is 1. The van der Waals surface area contributed by atoms with E-state index >= 15 is 0 Å². The van der Waals surface area contributed by atoms with E-state index in [0.717, 1.165) is 22.4 Å². The molecule has 15 heteroatoms. The Morgan fingerprint density at radius 2 is 2.28 bits per heavy atom. The number of carbonyl (C=O) groups excluding carboxylic acids is 2. The number of aliphatic carboxylic acids is 1. The number of nitrogens with one attached hydrogen (secondary N) is 2. The molecule has 0 radical (unpaired) electrons. The highest BCUT2D eigenvalue weighted by molar-refractivity contribution is 8.00. The van der Waals surface area contributed by atoms with Crippen LogP contribution in [0.4, 0.5) is 5.13 Å². The third-order valence-corrected chi connectivity index (χ3v) is 8.15. The largest absolute Gasteiger partial charge is 0.477 e. The van der Waals surface area contributed by atoms with Crippen molar-refractivity contribution in [2.75, 3.05) is 18.6 Å². The van der Waals surface area contributed by atoms with Gasteiger partial charge in [0.1, 0.15) is 34.3 Å². The molecule has 0 aliphatic carbocycles. The molecule has 5 heterocycles. The molecule has 2 aliphatic heterocycles. The lowest BCUT2D eigenvalue weighted by molar-refractivity contribution is -0.576. The van der Waals surface area contributed by atoms with Gasteiger partial charge in [0.25, 0.3) is 11.8 Å². The van der Waals surface area contributed by atoms with Gasteiger partial charge in [0.05, 0.1) is 11.8 Å². The van der Waals surface area contributed by atoms with Crippen molar-refractivity contribution in [2.45, 2.75) is 17.8 Å². The molecule has 0 unspecified atom stereocenters. The summed E-state index contributed by atoms with van der Waals surface area (Å²) in [6.07, 6.45) is 4.03. The number of amides is 2. The number of pyridine rings is 1. The quantitative estimate of drug-likeness (QED) is 0.145. The molecule has 186 valence electrons. The lowest BCUT2D eigenvalue weighted by atomic mass is 9.99. The van der Waals surface area contributed by atoms with Gasteiger partial charge < -0.3 is 21.0 Å². The molecule has 0 bridgehead atoms. The van der Waals surface area contributed by atoms with E-state index < -0.39 is 29.2 Å². The number of hydrogen-bond donors (Lipinski definition) is 4. The van der Waals surface area contributed by atoms with Gasteiger partial charge in [0, 0.05) is 24.3 Å². The fourth-order valence-corrected chi connectivity index (χ4v) is 6.46. The first-order chi connectivity index (χ1) is 17.3. The van der Waals surface area contributed by atoms with Gasteiger partial charge in [-0.3, -0.25) is 14.5 Å². The van der Waals surface area contributed by atoms with Crippen LogP contribution in [0.3, 0.4) is 0 Å². The number of nitrogens with two attached hydrogens (primary N) is 1. The zero-order valence-corrected chi connectivity index (χ0v) is 21.0.